The molecule has 0 saturated heterocycles. The van der Waals surface area contributed by atoms with Crippen molar-refractivity contribution in [2.75, 3.05) is 20.8 Å². The van der Waals surface area contributed by atoms with Crippen LogP contribution in [-0.2, 0) is 20.0 Å². The topological polar surface area (TPSA) is 68.8 Å². The maximum Gasteiger partial charge on any atom is 0.408 e. The third-order valence-corrected chi connectivity index (χ3v) is 5.06. The lowest BCUT2D eigenvalue weighted by Gasteiger charge is -2.33. The van der Waals surface area contributed by atoms with Gasteiger partial charge in [-0.3, -0.25) is 0 Å². The third-order valence-electron chi connectivity index (χ3n) is 4.08. The Hall–Kier alpha value is -1.12. The molecule has 1 atom stereocenters. The summed E-state index contributed by atoms with van der Waals surface area (Å²) in [5.74, 6) is -1.19. The average molecular weight is 465 g/mol. The highest BCUT2D eigenvalue weighted by atomic mass is 35.5. The average Bonchev–Trinajstić information content (AvgIpc) is 2.61. The number of nitrogens with one attached hydrogen (secondary N) is 2. The molecule has 1 rings (SSSR count). The predicted octanol–water partition coefficient (Wildman–Crippen LogP) is 5.05. The van der Waals surface area contributed by atoms with E-state index in [0.29, 0.717) is 27.0 Å². The van der Waals surface area contributed by atoms with Crippen molar-refractivity contribution in [1.82, 2.24) is 10.6 Å². The molecule has 0 saturated carbocycles. The summed E-state index contributed by atoms with van der Waals surface area (Å²) in [6.45, 7) is 7.60. The van der Waals surface area contributed by atoms with Crippen molar-refractivity contribution < 1.29 is 19.0 Å². The molecule has 0 radical (unpaired) electrons. The van der Waals surface area contributed by atoms with Crippen LogP contribution < -0.4 is 10.6 Å². The SMILES string of the molecule is CCCC(NC(=O)OC(C)(C)C)C(=S)NCC(OC)(OC)c1ccc(Cl)cc1Cl. The minimum Gasteiger partial charge on any atom is -0.444 e. The number of amides is 1. The van der Waals surface area contributed by atoms with Gasteiger partial charge in [-0.1, -0.05) is 54.8 Å². The molecule has 1 amide bonds. The van der Waals surface area contributed by atoms with Crippen LogP contribution in [0.1, 0.15) is 46.1 Å². The number of thiocarbonyl (C=S) groups is 1. The van der Waals surface area contributed by atoms with Crippen molar-refractivity contribution in [3.63, 3.8) is 0 Å². The number of rotatable bonds is 9. The number of benzene rings is 1. The molecule has 0 aliphatic carbocycles. The van der Waals surface area contributed by atoms with Gasteiger partial charge in [0.2, 0.25) is 5.79 Å². The highest BCUT2D eigenvalue weighted by molar-refractivity contribution is 7.80. The zero-order valence-electron chi connectivity index (χ0n) is 17.7. The van der Waals surface area contributed by atoms with Gasteiger partial charge in [-0.25, -0.2) is 4.79 Å². The van der Waals surface area contributed by atoms with Gasteiger partial charge in [-0.2, -0.15) is 0 Å². The molecule has 0 spiro atoms. The Labute approximate surface area is 188 Å². The van der Waals surface area contributed by atoms with Gasteiger partial charge in [0.15, 0.2) is 0 Å². The molecule has 9 heteroatoms. The lowest BCUT2D eigenvalue weighted by atomic mass is 10.0. The van der Waals surface area contributed by atoms with E-state index in [1.807, 2.05) is 6.92 Å². The van der Waals surface area contributed by atoms with E-state index < -0.39 is 23.5 Å². The molecule has 2 N–H and O–H groups in total. The van der Waals surface area contributed by atoms with Gasteiger partial charge < -0.3 is 24.8 Å². The minimum absolute atomic E-state index is 0.177. The molecule has 1 aromatic rings. The van der Waals surface area contributed by atoms with Crippen molar-refractivity contribution in [2.45, 2.75) is 58.0 Å². The largest absolute Gasteiger partial charge is 0.444 e. The lowest BCUT2D eigenvalue weighted by Crippen LogP contribution is -2.51. The van der Waals surface area contributed by atoms with E-state index >= 15 is 0 Å². The fraction of sp³-hybridized carbons (Fsp3) is 0.600. The maximum atomic E-state index is 12.2. The van der Waals surface area contributed by atoms with Crippen molar-refractivity contribution in [3.8, 4) is 0 Å². The van der Waals surface area contributed by atoms with Crippen molar-refractivity contribution in [3.05, 3.63) is 33.8 Å². The van der Waals surface area contributed by atoms with Crippen LogP contribution in [0.3, 0.4) is 0 Å². The van der Waals surface area contributed by atoms with E-state index in [9.17, 15) is 4.79 Å². The molecule has 164 valence electrons. The monoisotopic (exact) mass is 464 g/mol. The third kappa shape index (κ3) is 7.90. The van der Waals surface area contributed by atoms with Crippen LogP contribution in [0.2, 0.25) is 10.0 Å². The second kappa shape index (κ2) is 11.3. The van der Waals surface area contributed by atoms with E-state index in [1.54, 1.807) is 39.0 Å². The van der Waals surface area contributed by atoms with Crippen LogP contribution in [0, 0.1) is 0 Å². The Morgan fingerprint density at radius 2 is 1.83 bits per heavy atom. The smallest absolute Gasteiger partial charge is 0.408 e. The number of carbonyl (C=O) groups excluding carboxylic acids is 1. The number of methoxy groups -OCH3 is 2. The van der Waals surface area contributed by atoms with E-state index in [2.05, 4.69) is 10.6 Å². The molecule has 0 bridgehead atoms. The normalized spacial score (nSPS) is 13.0. The Morgan fingerprint density at radius 1 is 1.21 bits per heavy atom. The molecule has 0 aliphatic heterocycles. The standard InChI is InChI=1S/C20H30Cl2N2O4S/c1-7-8-16(24-18(25)28-19(2,3)4)17(29)23-12-20(26-5,27-6)14-10-9-13(21)11-15(14)22/h9-11,16H,7-8,12H2,1-6H3,(H,23,29)(H,24,25). The van der Waals surface area contributed by atoms with Gasteiger partial charge in [0.1, 0.15) is 5.60 Å². The van der Waals surface area contributed by atoms with E-state index in [0.717, 1.165) is 6.42 Å². The minimum atomic E-state index is -1.19. The first kappa shape index (κ1) is 25.9. The first-order chi connectivity index (χ1) is 13.5. The molecule has 0 fully saturated rings. The van der Waals surface area contributed by atoms with Crippen molar-refractivity contribution >= 4 is 46.5 Å². The maximum absolute atomic E-state index is 12.2. The van der Waals surface area contributed by atoms with Gasteiger partial charge in [0.05, 0.1) is 22.6 Å². The number of hydrogen-bond acceptors (Lipinski definition) is 5. The molecule has 6 nitrogen and oxygen atoms in total. The molecule has 0 aliphatic rings. The first-order valence-corrected chi connectivity index (χ1v) is 10.5. The van der Waals surface area contributed by atoms with Crippen molar-refractivity contribution in [2.24, 2.45) is 0 Å². The van der Waals surface area contributed by atoms with E-state index in [4.69, 9.17) is 49.6 Å². The zero-order valence-corrected chi connectivity index (χ0v) is 20.1. The fourth-order valence-corrected chi connectivity index (χ4v) is 3.48. The molecule has 29 heavy (non-hydrogen) atoms. The van der Waals surface area contributed by atoms with Crippen LogP contribution in [0.4, 0.5) is 4.79 Å². The molecule has 0 heterocycles. The zero-order chi connectivity index (χ0) is 22.2. The number of carbonyl (C=O) groups is 1. The van der Waals surface area contributed by atoms with Crippen LogP contribution in [0.25, 0.3) is 0 Å². The summed E-state index contributed by atoms with van der Waals surface area (Å²) in [5, 5.41) is 6.87. The highest BCUT2D eigenvalue weighted by Gasteiger charge is 2.35. The Kier molecular flexibility index (Phi) is 10.1. The van der Waals surface area contributed by atoms with E-state index in [1.165, 1.54) is 14.2 Å². The van der Waals surface area contributed by atoms with Gasteiger partial charge in [0, 0.05) is 24.8 Å². The van der Waals surface area contributed by atoms with Gasteiger partial charge >= 0.3 is 6.09 Å². The molecular formula is C20H30Cl2N2O4S. The van der Waals surface area contributed by atoms with E-state index in [-0.39, 0.29) is 6.54 Å². The van der Waals surface area contributed by atoms with Crippen LogP contribution in [-0.4, -0.2) is 43.5 Å². The second-order valence-electron chi connectivity index (χ2n) is 7.49. The Bertz CT molecular complexity index is 706. The summed E-state index contributed by atoms with van der Waals surface area (Å²) < 4.78 is 16.6. The first-order valence-electron chi connectivity index (χ1n) is 9.31. The van der Waals surface area contributed by atoms with Gasteiger partial charge in [-0.05, 0) is 39.3 Å². The summed E-state index contributed by atoms with van der Waals surface area (Å²) in [6.07, 6.45) is 0.954. The Balaban J connectivity index is 2.93. The summed E-state index contributed by atoms with van der Waals surface area (Å²) in [7, 11) is 3.03. The number of halogens is 2. The van der Waals surface area contributed by atoms with Gasteiger partial charge in [-0.15, -0.1) is 0 Å². The van der Waals surface area contributed by atoms with Gasteiger partial charge in [0.25, 0.3) is 0 Å². The number of hydrogen-bond donors (Lipinski definition) is 2. The molecular weight excluding hydrogens is 435 g/mol. The summed E-state index contributed by atoms with van der Waals surface area (Å²) in [4.78, 5) is 12.6. The second-order valence-corrected chi connectivity index (χ2v) is 8.77. The van der Waals surface area contributed by atoms with Crippen molar-refractivity contribution in [1.29, 1.82) is 0 Å². The summed E-state index contributed by atoms with van der Waals surface area (Å²) in [5.41, 5.74) is 0.0127. The van der Waals surface area contributed by atoms with Crippen LogP contribution in [0.5, 0.6) is 0 Å². The number of alkyl carbamates (subject to hydrolysis) is 1. The van der Waals surface area contributed by atoms with Crippen LogP contribution >= 0.6 is 35.4 Å². The lowest BCUT2D eigenvalue weighted by molar-refractivity contribution is -0.210. The highest BCUT2D eigenvalue weighted by Crippen LogP contribution is 2.33. The summed E-state index contributed by atoms with van der Waals surface area (Å²) >= 11 is 17.9. The predicted molar refractivity (Wildman–Crippen MR) is 121 cm³/mol. The number of ether oxygens (including phenoxy) is 3. The quantitative estimate of drug-likeness (QED) is 0.393. The summed E-state index contributed by atoms with van der Waals surface area (Å²) in [6, 6.07) is 4.67. The Morgan fingerprint density at radius 3 is 2.31 bits per heavy atom. The molecule has 0 aromatic heterocycles. The molecule has 1 aromatic carbocycles. The van der Waals surface area contributed by atoms with Crippen LogP contribution in [0.15, 0.2) is 18.2 Å². The molecule has 1 unspecified atom stereocenters. The fourth-order valence-electron chi connectivity index (χ4n) is 2.68.